The molecule has 0 fully saturated rings. The third-order valence-electron chi connectivity index (χ3n) is 1.44. The van der Waals surface area contributed by atoms with Crippen molar-refractivity contribution >= 4 is 0 Å². The molecule has 0 saturated heterocycles. The lowest BCUT2D eigenvalue weighted by atomic mass is 10.2. The highest BCUT2D eigenvalue weighted by Crippen LogP contribution is 2.42. The molecular weight excluding hydrogens is 209 g/mol. The fourth-order valence-electron chi connectivity index (χ4n) is 0.769. The molecule has 0 saturated carbocycles. The van der Waals surface area contributed by atoms with Crippen LogP contribution in [-0.2, 0) is 5.92 Å². The summed E-state index contributed by atoms with van der Waals surface area (Å²) >= 11 is 0. The Morgan fingerprint density at radius 2 is 1.79 bits per heavy atom. The summed E-state index contributed by atoms with van der Waals surface area (Å²) in [6, 6.07) is 3.26. The second kappa shape index (κ2) is 3.07. The Balaban J connectivity index is 3.23. The molecule has 0 aliphatic rings. The van der Waals surface area contributed by atoms with Crippen LogP contribution in [0.3, 0.4) is 0 Å². The molecule has 0 bridgehead atoms. The van der Waals surface area contributed by atoms with Crippen LogP contribution in [-0.4, -0.2) is 6.18 Å². The van der Waals surface area contributed by atoms with Crippen molar-refractivity contribution in [2.45, 2.75) is 12.1 Å². The molecule has 7 heteroatoms. The highest BCUT2D eigenvalue weighted by atomic mass is 19.4. The molecule has 1 rings (SSSR count). The maximum Gasteiger partial charge on any atom is 0.464 e. The number of nitrogens with zero attached hydrogens (tertiary/aromatic N) is 1. The first-order chi connectivity index (χ1) is 6.27. The van der Waals surface area contributed by atoms with E-state index in [4.69, 9.17) is 0 Å². The van der Waals surface area contributed by atoms with Gasteiger partial charge in [0.25, 0.3) is 5.69 Å². The van der Waals surface area contributed by atoms with Gasteiger partial charge in [-0.25, -0.2) is 0 Å². The SMILES string of the molecule is [O-][n+]1c[c]ccc1C(F)(F)C(F)(F)F. The zero-order valence-electron chi connectivity index (χ0n) is 6.48. The summed E-state index contributed by atoms with van der Waals surface area (Å²) < 4.78 is 59.9. The van der Waals surface area contributed by atoms with Gasteiger partial charge in [0, 0.05) is 6.07 Å². The average Bonchev–Trinajstić information content (AvgIpc) is 2.02. The molecule has 77 valence electrons. The first kappa shape index (κ1) is 10.7. The molecule has 0 aliphatic heterocycles. The quantitative estimate of drug-likeness (QED) is 0.396. The predicted molar refractivity (Wildman–Crippen MR) is 34.2 cm³/mol. The molecule has 14 heavy (non-hydrogen) atoms. The van der Waals surface area contributed by atoms with E-state index >= 15 is 0 Å². The van der Waals surface area contributed by atoms with Gasteiger partial charge in [-0.3, -0.25) is 0 Å². The van der Waals surface area contributed by atoms with Crippen LogP contribution in [0.2, 0.25) is 0 Å². The minimum atomic E-state index is -5.78. The van der Waals surface area contributed by atoms with Crippen molar-refractivity contribution in [2.75, 3.05) is 0 Å². The van der Waals surface area contributed by atoms with Crippen LogP contribution in [0.25, 0.3) is 0 Å². The summed E-state index contributed by atoms with van der Waals surface area (Å²) in [5.41, 5.74) is -1.66. The standard InChI is InChI=1S/C7H3F5NO/c8-6(9,7(10,11)12)5-3-1-2-4-13(5)14/h1,3-4H. The molecule has 1 aromatic rings. The minimum absolute atomic E-state index is 0.375. The molecule has 0 N–H and O–H groups in total. The Hall–Kier alpha value is -1.40. The first-order valence-corrected chi connectivity index (χ1v) is 3.31. The number of hydrogen-bond acceptors (Lipinski definition) is 1. The lowest BCUT2D eigenvalue weighted by Crippen LogP contribution is -2.45. The summed E-state index contributed by atoms with van der Waals surface area (Å²) in [4.78, 5) is 0. The number of pyridine rings is 1. The van der Waals surface area contributed by atoms with Gasteiger partial charge in [-0.2, -0.15) is 26.7 Å². The zero-order chi connectivity index (χ0) is 11.0. The van der Waals surface area contributed by atoms with Gasteiger partial charge >= 0.3 is 12.1 Å². The van der Waals surface area contributed by atoms with E-state index in [0.717, 1.165) is 6.07 Å². The largest absolute Gasteiger partial charge is 0.618 e. The van der Waals surface area contributed by atoms with E-state index in [1.54, 1.807) is 0 Å². The van der Waals surface area contributed by atoms with Gasteiger partial charge in [-0.1, -0.05) is 0 Å². The van der Waals surface area contributed by atoms with Gasteiger partial charge in [0.1, 0.15) is 0 Å². The van der Waals surface area contributed by atoms with E-state index in [1.807, 2.05) is 0 Å². The van der Waals surface area contributed by atoms with E-state index < -0.39 is 22.5 Å². The van der Waals surface area contributed by atoms with E-state index in [0.29, 0.717) is 12.3 Å². The van der Waals surface area contributed by atoms with Gasteiger partial charge in [-0.15, -0.1) is 0 Å². The van der Waals surface area contributed by atoms with Crippen molar-refractivity contribution in [2.24, 2.45) is 0 Å². The van der Waals surface area contributed by atoms with Crippen molar-refractivity contribution in [3.63, 3.8) is 0 Å². The van der Waals surface area contributed by atoms with Gasteiger partial charge in [0.2, 0.25) is 0 Å². The van der Waals surface area contributed by atoms with E-state index in [1.165, 1.54) is 0 Å². The molecule has 1 radical (unpaired) electrons. The molecule has 0 spiro atoms. The average molecular weight is 212 g/mol. The maximum absolute atomic E-state index is 12.6. The Kier molecular flexibility index (Phi) is 2.34. The Morgan fingerprint density at radius 1 is 1.21 bits per heavy atom. The van der Waals surface area contributed by atoms with Gasteiger partial charge in [-0.05, 0) is 6.07 Å². The van der Waals surface area contributed by atoms with Crippen LogP contribution in [0.4, 0.5) is 22.0 Å². The van der Waals surface area contributed by atoms with E-state index in [9.17, 15) is 27.2 Å². The number of halogens is 5. The van der Waals surface area contributed by atoms with E-state index in [-0.39, 0.29) is 0 Å². The number of hydrogen-bond donors (Lipinski definition) is 0. The van der Waals surface area contributed by atoms with Crippen molar-refractivity contribution in [1.82, 2.24) is 0 Å². The van der Waals surface area contributed by atoms with Gasteiger partial charge in [0.05, 0.1) is 6.07 Å². The summed E-state index contributed by atoms with van der Waals surface area (Å²) in [6.07, 6.45) is -5.32. The van der Waals surface area contributed by atoms with Crippen LogP contribution < -0.4 is 4.73 Å². The molecule has 1 aromatic heterocycles. The fraction of sp³-hybridized carbons (Fsp3) is 0.286. The highest BCUT2D eigenvalue weighted by molar-refractivity contribution is 5.06. The van der Waals surface area contributed by atoms with Gasteiger partial charge in [0.15, 0.2) is 6.20 Å². The minimum Gasteiger partial charge on any atom is -0.618 e. The van der Waals surface area contributed by atoms with E-state index in [2.05, 4.69) is 6.07 Å². The number of aromatic nitrogens is 1. The molecule has 0 amide bonds. The predicted octanol–water partition coefficient (Wildman–Crippen LogP) is 1.77. The highest BCUT2D eigenvalue weighted by Gasteiger charge is 2.63. The Bertz CT molecular complexity index is 335. The topological polar surface area (TPSA) is 26.9 Å². The summed E-state index contributed by atoms with van der Waals surface area (Å²) in [5.74, 6) is -5.15. The summed E-state index contributed by atoms with van der Waals surface area (Å²) in [6.45, 7) is 0. The molecule has 0 atom stereocenters. The van der Waals surface area contributed by atoms with Crippen molar-refractivity contribution in [1.29, 1.82) is 0 Å². The molecule has 2 nitrogen and oxygen atoms in total. The molecule has 0 aliphatic carbocycles. The van der Waals surface area contributed by atoms with Crippen LogP contribution in [0.15, 0.2) is 18.3 Å². The van der Waals surface area contributed by atoms with Crippen molar-refractivity contribution in [3.8, 4) is 0 Å². The third-order valence-corrected chi connectivity index (χ3v) is 1.44. The Labute approximate surface area is 75.2 Å². The number of alkyl halides is 5. The van der Waals surface area contributed by atoms with Crippen LogP contribution in [0, 0.1) is 11.3 Å². The molecular formula is C7H3F5NO. The summed E-state index contributed by atoms with van der Waals surface area (Å²) in [7, 11) is 0. The monoisotopic (exact) mass is 212 g/mol. The maximum atomic E-state index is 12.6. The summed E-state index contributed by atoms with van der Waals surface area (Å²) in [5, 5.41) is 10.6. The molecule has 1 heterocycles. The third kappa shape index (κ3) is 1.61. The lowest BCUT2D eigenvalue weighted by Gasteiger charge is -2.17. The first-order valence-electron chi connectivity index (χ1n) is 3.31. The number of rotatable bonds is 1. The van der Waals surface area contributed by atoms with Gasteiger partial charge < -0.3 is 5.21 Å². The Morgan fingerprint density at radius 3 is 2.21 bits per heavy atom. The second-order valence-corrected chi connectivity index (χ2v) is 2.41. The lowest BCUT2D eigenvalue weighted by molar-refractivity contribution is -0.630. The van der Waals surface area contributed by atoms with Crippen molar-refractivity contribution in [3.05, 3.63) is 35.3 Å². The molecule has 0 unspecified atom stereocenters. The van der Waals surface area contributed by atoms with Crippen LogP contribution >= 0.6 is 0 Å². The van der Waals surface area contributed by atoms with Crippen LogP contribution in [0.1, 0.15) is 5.69 Å². The smallest absolute Gasteiger partial charge is 0.464 e. The van der Waals surface area contributed by atoms with Crippen molar-refractivity contribution < 1.29 is 26.7 Å². The molecule has 0 aromatic carbocycles. The normalized spacial score (nSPS) is 12.9. The zero-order valence-corrected chi connectivity index (χ0v) is 6.48. The van der Waals surface area contributed by atoms with Crippen LogP contribution in [0.5, 0.6) is 0 Å². The fourth-order valence-corrected chi connectivity index (χ4v) is 0.769. The second-order valence-electron chi connectivity index (χ2n) is 2.41.